The molecule has 0 aromatic carbocycles. The number of hydrogen-bond acceptors (Lipinski definition) is 4. The highest BCUT2D eigenvalue weighted by atomic mass is 14.9. The first kappa shape index (κ1) is 10.9. The molecule has 0 aliphatic heterocycles. The molecule has 0 bridgehead atoms. The van der Waals surface area contributed by atoms with Gasteiger partial charge in [-0.25, -0.2) is 9.97 Å². The summed E-state index contributed by atoms with van der Waals surface area (Å²) in [6, 6.07) is 1.99. The van der Waals surface area contributed by atoms with Crippen molar-refractivity contribution in [1.29, 1.82) is 5.26 Å². The zero-order chi connectivity index (χ0) is 11.4. The second-order valence-electron chi connectivity index (χ2n) is 4.33. The van der Waals surface area contributed by atoms with Crippen molar-refractivity contribution in [3.63, 3.8) is 0 Å². The van der Waals surface area contributed by atoms with Crippen molar-refractivity contribution in [2.45, 2.75) is 44.4 Å². The van der Waals surface area contributed by atoms with E-state index < -0.39 is 0 Å². The number of nitrogen functional groups attached to an aromatic ring is 1. The first-order valence-electron chi connectivity index (χ1n) is 5.84. The summed E-state index contributed by atoms with van der Waals surface area (Å²) >= 11 is 0. The van der Waals surface area contributed by atoms with Gasteiger partial charge in [-0.2, -0.15) is 5.26 Å². The molecule has 1 aliphatic carbocycles. The normalized spacial score (nSPS) is 17.7. The zero-order valence-corrected chi connectivity index (χ0v) is 9.32. The molecule has 1 fully saturated rings. The third-order valence-electron chi connectivity index (χ3n) is 3.18. The Labute approximate surface area is 95.5 Å². The lowest BCUT2D eigenvalue weighted by atomic mass is 9.99. The van der Waals surface area contributed by atoms with Gasteiger partial charge in [0.05, 0.1) is 6.20 Å². The Balaban J connectivity index is 2.20. The molecular weight excluding hydrogens is 200 g/mol. The highest BCUT2D eigenvalue weighted by Crippen LogP contribution is 2.29. The van der Waals surface area contributed by atoms with Crippen LogP contribution in [-0.2, 0) is 0 Å². The summed E-state index contributed by atoms with van der Waals surface area (Å²) in [6.45, 7) is 0. The molecule has 1 aliphatic rings. The maximum atomic E-state index is 8.75. The van der Waals surface area contributed by atoms with Crippen LogP contribution in [-0.4, -0.2) is 9.97 Å². The quantitative estimate of drug-likeness (QED) is 0.731. The number of nitrogens with two attached hydrogens (primary N) is 1. The molecule has 2 N–H and O–H groups in total. The molecule has 0 unspecified atom stereocenters. The Hall–Kier alpha value is -1.63. The van der Waals surface area contributed by atoms with Crippen LogP contribution in [0.4, 0.5) is 5.82 Å². The monoisotopic (exact) mass is 216 g/mol. The van der Waals surface area contributed by atoms with E-state index in [0.29, 0.717) is 17.3 Å². The lowest BCUT2D eigenvalue weighted by Gasteiger charge is -2.12. The molecule has 4 heteroatoms. The lowest BCUT2D eigenvalue weighted by molar-refractivity contribution is 0.561. The minimum Gasteiger partial charge on any atom is -0.382 e. The molecule has 1 aromatic heterocycles. The molecule has 1 heterocycles. The van der Waals surface area contributed by atoms with Crippen molar-refractivity contribution in [2.24, 2.45) is 0 Å². The molecule has 84 valence electrons. The third kappa shape index (κ3) is 2.30. The predicted molar refractivity (Wildman–Crippen MR) is 61.6 cm³/mol. The van der Waals surface area contributed by atoms with Crippen molar-refractivity contribution >= 4 is 5.82 Å². The van der Waals surface area contributed by atoms with E-state index in [0.717, 1.165) is 18.7 Å². The maximum Gasteiger partial charge on any atom is 0.145 e. The second kappa shape index (κ2) is 4.93. The number of anilines is 1. The number of rotatable bonds is 1. The summed E-state index contributed by atoms with van der Waals surface area (Å²) in [5.41, 5.74) is 6.08. The molecule has 0 radical (unpaired) electrons. The first-order valence-corrected chi connectivity index (χ1v) is 5.84. The van der Waals surface area contributed by atoms with E-state index in [1.54, 1.807) is 6.20 Å². The van der Waals surface area contributed by atoms with Gasteiger partial charge in [0.2, 0.25) is 0 Å². The van der Waals surface area contributed by atoms with Gasteiger partial charge in [0, 0.05) is 5.92 Å². The van der Waals surface area contributed by atoms with Crippen molar-refractivity contribution in [2.75, 3.05) is 5.73 Å². The molecule has 0 saturated heterocycles. The van der Waals surface area contributed by atoms with Gasteiger partial charge in [0.25, 0.3) is 0 Å². The number of aromatic nitrogens is 2. The van der Waals surface area contributed by atoms with Crippen LogP contribution in [0.15, 0.2) is 6.20 Å². The van der Waals surface area contributed by atoms with E-state index in [1.807, 2.05) is 6.07 Å². The molecule has 16 heavy (non-hydrogen) atoms. The van der Waals surface area contributed by atoms with Crippen molar-refractivity contribution in [3.8, 4) is 6.07 Å². The van der Waals surface area contributed by atoms with Crippen molar-refractivity contribution in [1.82, 2.24) is 9.97 Å². The van der Waals surface area contributed by atoms with Crippen LogP contribution in [0.1, 0.15) is 55.8 Å². The molecule has 1 aromatic rings. The van der Waals surface area contributed by atoms with Crippen molar-refractivity contribution < 1.29 is 0 Å². The summed E-state index contributed by atoms with van der Waals surface area (Å²) < 4.78 is 0. The molecule has 1 saturated carbocycles. The van der Waals surface area contributed by atoms with E-state index in [-0.39, 0.29) is 0 Å². The van der Waals surface area contributed by atoms with Crippen LogP contribution in [0, 0.1) is 11.3 Å². The van der Waals surface area contributed by atoms with Crippen LogP contribution in [0.25, 0.3) is 0 Å². The van der Waals surface area contributed by atoms with Gasteiger partial charge in [-0.1, -0.05) is 25.7 Å². The van der Waals surface area contributed by atoms with Gasteiger partial charge in [0.1, 0.15) is 23.3 Å². The second-order valence-corrected chi connectivity index (χ2v) is 4.33. The Bertz CT molecular complexity index is 400. The van der Waals surface area contributed by atoms with Crippen LogP contribution in [0.5, 0.6) is 0 Å². The smallest absolute Gasteiger partial charge is 0.145 e. The van der Waals surface area contributed by atoms with Gasteiger partial charge < -0.3 is 5.73 Å². The summed E-state index contributed by atoms with van der Waals surface area (Å²) in [5, 5.41) is 8.75. The molecule has 0 atom stereocenters. The molecular formula is C12H16N4. The third-order valence-corrected chi connectivity index (χ3v) is 3.18. The van der Waals surface area contributed by atoms with Gasteiger partial charge in [-0.3, -0.25) is 0 Å². The van der Waals surface area contributed by atoms with Crippen molar-refractivity contribution in [3.05, 3.63) is 17.6 Å². The fraction of sp³-hybridized carbons (Fsp3) is 0.583. The van der Waals surface area contributed by atoms with E-state index in [9.17, 15) is 0 Å². The fourth-order valence-electron chi connectivity index (χ4n) is 2.23. The van der Waals surface area contributed by atoms with E-state index in [4.69, 9.17) is 11.0 Å². The Morgan fingerprint density at radius 2 is 1.94 bits per heavy atom. The summed E-state index contributed by atoms with van der Waals surface area (Å²) in [5.74, 6) is 1.56. The van der Waals surface area contributed by atoms with E-state index in [1.165, 1.54) is 25.7 Å². The maximum absolute atomic E-state index is 8.75. The minimum absolute atomic E-state index is 0.316. The standard InChI is InChI=1S/C12H16N4/c13-7-10-8-15-12(16-11(10)14)9-5-3-1-2-4-6-9/h8-9H,1-6H2,(H2,14,15,16). The summed E-state index contributed by atoms with van der Waals surface area (Å²) in [7, 11) is 0. The minimum atomic E-state index is 0.316. The lowest BCUT2D eigenvalue weighted by Crippen LogP contribution is -2.07. The van der Waals surface area contributed by atoms with Crippen LogP contribution in [0.2, 0.25) is 0 Å². The topological polar surface area (TPSA) is 75.6 Å². The van der Waals surface area contributed by atoms with Gasteiger partial charge in [-0.05, 0) is 12.8 Å². The summed E-state index contributed by atoms with van der Waals surface area (Å²) in [6.07, 6.45) is 8.94. The Morgan fingerprint density at radius 1 is 1.25 bits per heavy atom. The number of nitrogens with zero attached hydrogens (tertiary/aromatic N) is 3. The predicted octanol–water partition coefficient (Wildman–Crippen LogP) is 2.37. The highest BCUT2D eigenvalue weighted by Gasteiger charge is 2.17. The van der Waals surface area contributed by atoms with E-state index in [2.05, 4.69) is 9.97 Å². The van der Waals surface area contributed by atoms with Crippen LogP contribution in [0.3, 0.4) is 0 Å². The Kier molecular flexibility index (Phi) is 3.35. The van der Waals surface area contributed by atoms with Crippen LogP contribution >= 0.6 is 0 Å². The largest absolute Gasteiger partial charge is 0.382 e. The molecule has 0 amide bonds. The van der Waals surface area contributed by atoms with Gasteiger partial charge in [0.15, 0.2) is 0 Å². The summed E-state index contributed by atoms with van der Waals surface area (Å²) in [4.78, 5) is 8.52. The average Bonchev–Trinajstić information content (AvgIpc) is 2.57. The zero-order valence-electron chi connectivity index (χ0n) is 9.32. The van der Waals surface area contributed by atoms with E-state index >= 15 is 0 Å². The van der Waals surface area contributed by atoms with Gasteiger partial charge in [-0.15, -0.1) is 0 Å². The fourth-order valence-corrected chi connectivity index (χ4v) is 2.23. The molecule has 2 rings (SSSR count). The molecule has 4 nitrogen and oxygen atoms in total. The highest BCUT2D eigenvalue weighted by molar-refractivity contribution is 5.46. The first-order chi connectivity index (χ1) is 7.81. The number of nitriles is 1. The number of hydrogen-bond donors (Lipinski definition) is 1. The van der Waals surface area contributed by atoms with Crippen LogP contribution < -0.4 is 5.73 Å². The Morgan fingerprint density at radius 3 is 2.50 bits per heavy atom. The van der Waals surface area contributed by atoms with Gasteiger partial charge >= 0.3 is 0 Å². The average molecular weight is 216 g/mol. The SMILES string of the molecule is N#Cc1cnc(C2CCCCCC2)nc1N. The molecule has 0 spiro atoms.